The molecular weight excluding hydrogens is 251 g/mol. The first-order valence-electron chi connectivity index (χ1n) is 5.88. The van der Waals surface area contributed by atoms with Crippen LogP contribution >= 0.6 is 0 Å². The fourth-order valence-corrected chi connectivity index (χ4v) is 2.14. The molecule has 5 nitrogen and oxygen atoms in total. The zero-order valence-corrected chi connectivity index (χ0v) is 10.2. The minimum Gasteiger partial charge on any atom is -0.481 e. The van der Waals surface area contributed by atoms with Gasteiger partial charge in [-0.05, 0) is 12.1 Å². The van der Waals surface area contributed by atoms with E-state index in [4.69, 9.17) is 15.1 Å². The highest BCUT2D eigenvalue weighted by Crippen LogP contribution is 2.24. The van der Waals surface area contributed by atoms with Gasteiger partial charge in [0.1, 0.15) is 17.4 Å². The first-order valence-corrected chi connectivity index (χ1v) is 5.88. The van der Waals surface area contributed by atoms with Gasteiger partial charge in [-0.15, -0.1) is 0 Å². The normalized spacial score (nSPS) is 18.9. The van der Waals surface area contributed by atoms with Crippen molar-refractivity contribution in [2.24, 2.45) is 0 Å². The Hall–Kier alpha value is -2.13. The molecule has 1 fully saturated rings. The number of benzene rings is 1. The summed E-state index contributed by atoms with van der Waals surface area (Å²) in [4.78, 5) is 12.5. The zero-order valence-electron chi connectivity index (χ0n) is 10.2. The molecule has 0 aromatic heterocycles. The number of nitrogens with zero attached hydrogens (tertiary/aromatic N) is 2. The van der Waals surface area contributed by atoms with Crippen molar-refractivity contribution in [1.29, 1.82) is 5.26 Å². The lowest BCUT2D eigenvalue weighted by Crippen LogP contribution is -2.43. The van der Waals surface area contributed by atoms with Crippen LogP contribution in [0.5, 0.6) is 0 Å². The van der Waals surface area contributed by atoms with Crippen molar-refractivity contribution in [1.82, 2.24) is 0 Å². The molecule has 0 aliphatic carbocycles. The molecule has 2 rings (SSSR count). The van der Waals surface area contributed by atoms with Crippen LogP contribution < -0.4 is 4.90 Å². The quantitative estimate of drug-likeness (QED) is 0.892. The summed E-state index contributed by atoms with van der Waals surface area (Å²) in [5.74, 6) is -1.51. The van der Waals surface area contributed by atoms with Gasteiger partial charge in [0, 0.05) is 13.1 Å². The van der Waals surface area contributed by atoms with Crippen molar-refractivity contribution in [2.45, 2.75) is 12.5 Å². The standard InChI is InChI=1S/C13H13FN2O3/c14-11-2-1-3-12(10(11)7-15)16-4-5-19-9(8-16)6-13(17)18/h1-3,9H,4-6,8H2,(H,17,18). The Bertz CT molecular complexity index is 527. The van der Waals surface area contributed by atoms with Gasteiger partial charge in [-0.1, -0.05) is 6.07 Å². The summed E-state index contributed by atoms with van der Waals surface area (Å²) in [6.45, 7) is 1.21. The molecule has 1 aromatic carbocycles. The van der Waals surface area contributed by atoms with E-state index in [1.54, 1.807) is 11.0 Å². The van der Waals surface area contributed by atoms with Crippen LogP contribution in [0.15, 0.2) is 18.2 Å². The largest absolute Gasteiger partial charge is 0.481 e. The van der Waals surface area contributed by atoms with Crippen LogP contribution in [0.3, 0.4) is 0 Å². The second kappa shape index (κ2) is 5.67. The summed E-state index contributed by atoms with van der Waals surface area (Å²) in [5, 5.41) is 17.8. The van der Waals surface area contributed by atoms with Gasteiger partial charge in [0.2, 0.25) is 0 Å². The number of halogens is 1. The maximum atomic E-state index is 13.5. The Kier molecular flexibility index (Phi) is 3.97. The van der Waals surface area contributed by atoms with Gasteiger partial charge in [0.15, 0.2) is 0 Å². The summed E-state index contributed by atoms with van der Waals surface area (Å²) in [5.41, 5.74) is 0.472. The predicted octanol–water partition coefficient (Wildman–Crippen LogP) is 1.38. The molecule has 1 unspecified atom stereocenters. The van der Waals surface area contributed by atoms with Crippen LogP contribution in [-0.2, 0) is 9.53 Å². The van der Waals surface area contributed by atoms with Crippen LogP contribution in [0.25, 0.3) is 0 Å². The summed E-state index contributed by atoms with van der Waals surface area (Å²) in [6, 6.07) is 6.27. The Morgan fingerprint density at radius 1 is 1.63 bits per heavy atom. The van der Waals surface area contributed by atoms with Crippen molar-refractivity contribution in [2.75, 3.05) is 24.6 Å². The van der Waals surface area contributed by atoms with Crippen LogP contribution in [0.4, 0.5) is 10.1 Å². The molecule has 0 amide bonds. The lowest BCUT2D eigenvalue weighted by atomic mass is 10.1. The number of hydrogen-bond donors (Lipinski definition) is 1. The van der Waals surface area contributed by atoms with E-state index >= 15 is 0 Å². The monoisotopic (exact) mass is 264 g/mol. The van der Waals surface area contributed by atoms with E-state index in [1.807, 2.05) is 6.07 Å². The summed E-state index contributed by atoms with van der Waals surface area (Å²) in [6.07, 6.45) is -0.547. The van der Waals surface area contributed by atoms with E-state index in [-0.39, 0.29) is 12.0 Å². The van der Waals surface area contributed by atoms with Gasteiger partial charge < -0.3 is 14.7 Å². The van der Waals surface area contributed by atoms with Crippen molar-refractivity contribution in [3.8, 4) is 6.07 Å². The molecule has 100 valence electrons. The van der Waals surface area contributed by atoms with Crippen LogP contribution in [0.1, 0.15) is 12.0 Å². The average Bonchev–Trinajstić information content (AvgIpc) is 2.38. The first kappa shape index (κ1) is 13.3. The molecule has 1 aliphatic heterocycles. The number of anilines is 1. The third-order valence-corrected chi connectivity index (χ3v) is 2.99. The van der Waals surface area contributed by atoms with E-state index in [0.29, 0.717) is 25.4 Å². The van der Waals surface area contributed by atoms with Crippen molar-refractivity contribution in [3.63, 3.8) is 0 Å². The summed E-state index contributed by atoms with van der Waals surface area (Å²) >= 11 is 0. The number of ether oxygens (including phenoxy) is 1. The lowest BCUT2D eigenvalue weighted by molar-refractivity contribution is -0.140. The van der Waals surface area contributed by atoms with Gasteiger partial charge in [-0.25, -0.2) is 4.39 Å². The summed E-state index contributed by atoms with van der Waals surface area (Å²) < 4.78 is 18.9. The number of hydrogen-bond acceptors (Lipinski definition) is 4. The predicted molar refractivity (Wildman–Crippen MR) is 65.3 cm³/mol. The lowest BCUT2D eigenvalue weighted by Gasteiger charge is -2.34. The Morgan fingerprint density at radius 3 is 3.11 bits per heavy atom. The van der Waals surface area contributed by atoms with Gasteiger partial charge >= 0.3 is 5.97 Å². The second-order valence-corrected chi connectivity index (χ2v) is 4.28. The number of rotatable bonds is 3. The molecule has 19 heavy (non-hydrogen) atoms. The topological polar surface area (TPSA) is 73.6 Å². The highest BCUT2D eigenvalue weighted by molar-refractivity contribution is 5.67. The molecule has 0 saturated carbocycles. The molecular formula is C13H13FN2O3. The molecule has 1 N–H and O–H groups in total. The molecule has 0 radical (unpaired) electrons. The maximum Gasteiger partial charge on any atom is 0.306 e. The minimum absolute atomic E-state index is 0.0153. The fraction of sp³-hybridized carbons (Fsp3) is 0.385. The van der Waals surface area contributed by atoms with E-state index in [1.165, 1.54) is 12.1 Å². The molecule has 1 aliphatic rings. The highest BCUT2D eigenvalue weighted by Gasteiger charge is 2.25. The molecule has 1 atom stereocenters. The molecule has 1 aromatic rings. The van der Waals surface area contributed by atoms with Crippen molar-refractivity contribution in [3.05, 3.63) is 29.6 Å². The smallest absolute Gasteiger partial charge is 0.306 e. The van der Waals surface area contributed by atoms with E-state index in [9.17, 15) is 9.18 Å². The minimum atomic E-state index is -0.938. The Morgan fingerprint density at radius 2 is 2.42 bits per heavy atom. The number of morpholine rings is 1. The van der Waals surface area contributed by atoms with E-state index in [0.717, 1.165) is 0 Å². The number of carboxylic acid groups (broad SMARTS) is 1. The van der Waals surface area contributed by atoms with E-state index < -0.39 is 17.9 Å². The number of aliphatic carboxylic acids is 1. The van der Waals surface area contributed by atoms with Gasteiger partial charge in [0.05, 0.1) is 24.8 Å². The molecule has 6 heteroatoms. The third-order valence-electron chi connectivity index (χ3n) is 2.99. The van der Waals surface area contributed by atoms with Crippen molar-refractivity contribution >= 4 is 11.7 Å². The Labute approximate surface area is 109 Å². The molecule has 0 spiro atoms. The fourth-order valence-electron chi connectivity index (χ4n) is 2.14. The van der Waals surface area contributed by atoms with E-state index in [2.05, 4.69) is 0 Å². The first-order chi connectivity index (χ1) is 9.11. The molecule has 1 saturated heterocycles. The highest BCUT2D eigenvalue weighted by atomic mass is 19.1. The van der Waals surface area contributed by atoms with Gasteiger partial charge in [-0.2, -0.15) is 5.26 Å². The van der Waals surface area contributed by atoms with Crippen LogP contribution in [-0.4, -0.2) is 36.9 Å². The third kappa shape index (κ3) is 3.01. The maximum absolute atomic E-state index is 13.5. The van der Waals surface area contributed by atoms with Crippen LogP contribution in [0, 0.1) is 17.1 Å². The average molecular weight is 264 g/mol. The van der Waals surface area contributed by atoms with Gasteiger partial charge in [-0.3, -0.25) is 4.79 Å². The zero-order chi connectivity index (χ0) is 13.8. The molecule has 0 bridgehead atoms. The van der Waals surface area contributed by atoms with Crippen LogP contribution in [0.2, 0.25) is 0 Å². The molecule has 1 heterocycles. The Balaban J connectivity index is 2.20. The number of carbonyl (C=O) groups is 1. The van der Waals surface area contributed by atoms with Gasteiger partial charge in [0.25, 0.3) is 0 Å². The summed E-state index contributed by atoms with van der Waals surface area (Å²) in [7, 11) is 0. The number of carboxylic acids is 1. The second-order valence-electron chi connectivity index (χ2n) is 4.28. The van der Waals surface area contributed by atoms with Crippen molar-refractivity contribution < 1.29 is 19.0 Å². The number of nitriles is 1. The SMILES string of the molecule is N#Cc1c(F)cccc1N1CCOC(CC(=O)O)C1.